The molecule has 0 aliphatic rings. The Morgan fingerprint density at radius 2 is 0.842 bits per heavy atom. The Balaban J connectivity index is 6.45. The van der Waals surface area contributed by atoms with E-state index in [4.69, 9.17) is 0 Å². The average Bonchev–Trinajstić information content (AvgIpc) is 1.92. The van der Waals surface area contributed by atoms with Crippen molar-refractivity contribution in [1.82, 2.24) is 0 Å². The second-order valence-electron chi connectivity index (χ2n) is 10.3. The van der Waals surface area contributed by atoms with Crippen LogP contribution in [0.4, 0.5) is 0 Å². The minimum absolute atomic E-state index is 0.387. The van der Waals surface area contributed by atoms with Crippen LogP contribution in [0.1, 0.15) is 62.3 Å². The van der Waals surface area contributed by atoms with Crippen molar-refractivity contribution >= 4 is 32.1 Å². The first-order chi connectivity index (χ1) is 7.90. The molecule has 0 nitrogen and oxygen atoms in total. The molecule has 0 aromatic heterocycles. The standard InChI is InChI=1S/C16H37BrSi2/c1-14(2,3)19(15(4,5)6,16(7,8)9)13(17)18(10,11)12/h13H,1-12H3. The van der Waals surface area contributed by atoms with E-state index >= 15 is 0 Å². The molecule has 0 amide bonds. The van der Waals surface area contributed by atoms with E-state index in [-0.39, 0.29) is 0 Å². The number of alkyl halides is 1. The molecule has 0 spiro atoms. The lowest BCUT2D eigenvalue weighted by Gasteiger charge is -2.64. The van der Waals surface area contributed by atoms with E-state index in [0.29, 0.717) is 15.1 Å². The van der Waals surface area contributed by atoms with E-state index in [1.165, 1.54) is 0 Å². The van der Waals surface area contributed by atoms with E-state index in [2.05, 4.69) is 97.9 Å². The molecule has 0 aliphatic heterocycles. The first-order valence-electron chi connectivity index (χ1n) is 7.55. The predicted molar refractivity (Wildman–Crippen MR) is 101 cm³/mol. The van der Waals surface area contributed by atoms with Gasteiger partial charge in [0.15, 0.2) is 0 Å². The summed E-state index contributed by atoms with van der Waals surface area (Å²) in [4.78, 5) is 0. The molecular formula is C16H37BrSi2. The van der Waals surface area contributed by atoms with E-state index < -0.39 is 16.1 Å². The Morgan fingerprint density at radius 1 is 0.632 bits per heavy atom. The highest BCUT2D eigenvalue weighted by atomic mass is 79.9. The Morgan fingerprint density at radius 3 is 0.895 bits per heavy atom. The summed E-state index contributed by atoms with van der Waals surface area (Å²) in [5.74, 6) is 0. The van der Waals surface area contributed by atoms with Crippen molar-refractivity contribution in [3.63, 3.8) is 0 Å². The van der Waals surface area contributed by atoms with E-state index in [9.17, 15) is 0 Å². The highest BCUT2D eigenvalue weighted by molar-refractivity contribution is 9.10. The Kier molecular flexibility index (Phi) is 5.53. The van der Waals surface area contributed by atoms with Gasteiger partial charge in [-0.25, -0.2) is 0 Å². The molecule has 0 saturated heterocycles. The third-order valence-electron chi connectivity index (χ3n) is 4.69. The van der Waals surface area contributed by atoms with Crippen LogP contribution in [0, 0.1) is 0 Å². The summed E-state index contributed by atoms with van der Waals surface area (Å²) >= 11 is 4.25. The number of hydrogen-bond donors (Lipinski definition) is 0. The van der Waals surface area contributed by atoms with Crippen molar-refractivity contribution in [1.29, 1.82) is 0 Å². The largest absolute Gasteiger partial charge is 0.0957 e. The van der Waals surface area contributed by atoms with Gasteiger partial charge in [-0.05, 0) is 15.1 Å². The van der Waals surface area contributed by atoms with Crippen molar-refractivity contribution in [2.45, 2.75) is 101 Å². The number of halogens is 1. The molecule has 0 rings (SSSR count). The number of rotatable bonds is 2. The fourth-order valence-corrected chi connectivity index (χ4v) is 29.5. The monoisotopic (exact) mass is 364 g/mol. The maximum absolute atomic E-state index is 4.25. The maximum atomic E-state index is 4.25. The summed E-state index contributed by atoms with van der Waals surface area (Å²) in [5.41, 5.74) is 0. The van der Waals surface area contributed by atoms with Gasteiger partial charge >= 0.3 is 0 Å². The van der Waals surface area contributed by atoms with Crippen molar-refractivity contribution in [3.8, 4) is 0 Å². The van der Waals surface area contributed by atoms with Crippen LogP contribution in [0.15, 0.2) is 0 Å². The predicted octanol–water partition coefficient (Wildman–Crippen LogP) is 7.02. The Labute approximate surface area is 133 Å². The zero-order valence-corrected chi connectivity index (χ0v) is 19.0. The highest BCUT2D eigenvalue weighted by Crippen LogP contribution is 2.65. The molecule has 0 saturated carbocycles. The molecule has 116 valence electrons. The lowest BCUT2D eigenvalue weighted by Crippen LogP contribution is -2.69. The van der Waals surface area contributed by atoms with Crippen LogP contribution in [-0.2, 0) is 0 Å². The molecular weight excluding hydrogens is 328 g/mol. The SMILES string of the molecule is CC(C)(C)[Si](C(Br)[Si](C)(C)C)(C(C)(C)C)C(C)(C)C. The van der Waals surface area contributed by atoms with Crippen molar-refractivity contribution < 1.29 is 0 Å². The zero-order chi connectivity index (χ0) is 16.1. The summed E-state index contributed by atoms with van der Waals surface area (Å²) in [6.07, 6.45) is 0. The lowest BCUT2D eigenvalue weighted by atomic mass is 10.2. The van der Waals surface area contributed by atoms with Gasteiger partial charge in [0.2, 0.25) is 0 Å². The van der Waals surface area contributed by atoms with Gasteiger partial charge in [0.05, 0.1) is 16.1 Å². The second kappa shape index (κ2) is 5.28. The van der Waals surface area contributed by atoms with Crippen LogP contribution in [0.5, 0.6) is 0 Å². The first kappa shape index (κ1) is 19.9. The van der Waals surface area contributed by atoms with Crippen molar-refractivity contribution in [2.24, 2.45) is 0 Å². The fourth-order valence-electron chi connectivity index (χ4n) is 5.17. The summed E-state index contributed by atoms with van der Waals surface area (Å²) in [6.45, 7) is 30.0. The van der Waals surface area contributed by atoms with Crippen LogP contribution in [0.2, 0.25) is 34.8 Å². The molecule has 0 bridgehead atoms. The summed E-state index contributed by atoms with van der Waals surface area (Å²) < 4.78 is 0.729. The number of hydrogen-bond acceptors (Lipinski definition) is 0. The molecule has 1 unspecified atom stereocenters. The normalized spacial score (nSPS) is 17.5. The summed E-state index contributed by atoms with van der Waals surface area (Å²) in [6, 6.07) is 0. The average molecular weight is 366 g/mol. The quantitative estimate of drug-likeness (QED) is 0.364. The molecule has 0 radical (unpaired) electrons. The van der Waals surface area contributed by atoms with Gasteiger partial charge in [0.25, 0.3) is 0 Å². The summed E-state index contributed by atoms with van der Waals surface area (Å²) in [5, 5.41) is 1.16. The van der Waals surface area contributed by atoms with Gasteiger partial charge in [-0.15, -0.1) is 0 Å². The first-order valence-corrected chi connectivity index (χ1v) is 14.1. The van der Waals surface area contributed by atoms with Crippen LogP contribution in [-0.4, -0.2) is 20.2 Å². The molecule has 0 fully saturated rings. The lowest BCUT2D eigenvalue weighted by molar-refractivity contribution is 0.532. The minimum Gasteiger partial charge on any atom is -0.0957 e. The van der Waals surface area contributed by atoms with Gasteiger partial charge in [0, 0.05) is 4.07 Å². The van der Waals surface area contributed by atoms with Gasteiger partial charge in [-0.2, -0.15) is 0 Å². The summed E-state index contributed by atoms with van der Waals surface area (Å²) in [7, 11) is -2.91. The Hall–Kier alpha value is 0.914. The van der Waals surface area contributed by atoms with E-state index in [1.54, 1.807) is 0 Å². The van der Waals surface area contributed by atoms with Gasteiger partial charge in [0.1, 0.15) is 0 Å². The molecule has 3 heteroatoms. The molecule has 0 heterocycles. The van der Waals surface area contributed by atoms with Crippen molar-refractivity contribution in [2.75, 3.05) is 0 Å². The molecule has 0 N–H and O–H groups in total. The van der Waals surface area contributed by atoms with E-state index in [0.717, 1.165) is 4.07 Å². The van der Waals surface area contributed by atoms with Crippen LogP contribution < -0.4 is 0 Å². The topological polar surface area (TPSA) is 0 Å². The molecule has 0 aromatic rings. The van der Waals surface area contributed by atoms with E-state index in [1.807, 2.05) is 0 Å². The zero-order valence-electron chi connectivity index (χ0n) is 15.5. The van der Waals surface area contributed by atoms with Crippen LogP contribution in [0.3, 0.4) is 0 Å². The molecule has 0 aliphatic carbocycles. The third kappa shape index (κ3) is 3.40. The fraction of sp³-hybridized carbons (Fsp3) is 1.00. The molecule has 0 aromatic carbocycles. The third-order valence-corrected chi connectivity index (χ3v) is 24.1. The second-order valence-corrected chi connectivity index (χ2v) is 25.5. The minimum atomic E-state index is -1.66. The maximum Gasteiger partial charge on any atom is 0.0812 e. The van der Waals surface area contributed by atoms with Crippen LogP contribution >= 0.6 is 15.9 Å². The van der Waals surface area contributed by atoms with Crippen molar-refractivity contribution in [3.05, 3.63) is 0 Å². The van der Waals surface area contributed by atoms with Gasteiger partial charge < -0.3 is 0 Å². The van der Waals surface area contributed by atoms with Gasteiger partial charge in [-0.1, -0.05) is 97.9 Å². The smallest absolute Gasteiger partial charge is 0.0812 e. The Bertz CT molecular complexity index is 272. The molecule has 1 atom stereocenters. The van der Waals surface area contributed by atoms with Gasteiger partial charge in [-0.3, -0.25) is 0 Å². The highest BCUT2D eigenvalue weighted by Gasteiger charge is 2.64. The van der Waals surface area contributed by atoms with Crippen LogP contribution in [0.25, 0.3) is 0 Å². The molecule has 19 heavy (non-hydrogen) atoms.